The van der Waals surface area contributed by atoms with E-state index in [0.29, 0.717) is 24.7 Å². The lowest BCUT2D eigenvalue weighted by molar-refractivity contribution is -0.139. The highest BCUT2D eigenvalue weighted by Gasteiger charge is 2.18. The van der Waals surface area contributed by atoms with E-state index in [4.69, 9.17) is 9.47 Å². The molecule has 0 spiro atoms. The zero-order valence-electron chi connectivity index (χ0n) is 13.3. The van der Waals surface area contributed by atoms with Crippen molar-refractivity contribution in [1.82, 2.24) is 5.32 Å². The van der Waals surface area contributed by atoms with Gasteiger partial charge in [0.1, 0.15) is 6.04 Å². The molecule has 2 aromatic carbocycles. The Kier molecular flexibility index (Phi) is 6.00. The van der Waals surface area contributed by atoms with Crippen LogP contribution in [0.5, 0.6) is 11.5 Å². The number of aliphatic carboxylic acids is 1. The van der Waals surface area contributed by atoms with Gasteiger partial charge < -0.3 is 14.6 Å². The van der Waals surface area contributed by atoms with E-state index in [9.17, 15) is 9.90 Å². The SMILES string of the molecule is CCOc1cc(CN[C@H](C(=O)O)c2ccccc2)ccc1OC. The van der Waals surface area contributed by atoms with E-state index >= 15 is 0 Å². The molecule has 0 heterocycles. The Labute approximate surface area is 135 Å². The lowest BCUT2D eigenvalue weighted by Crippen LogP contribution is -2.28. The monoisotopic (exact) mass is 315 g/mol. The quantitative estimate of drug-likeness (QED) is 0.784. The summed E-state index contributed by atoms with van der Waals surface area (Å²) < 4.78 is 10.8. The fraction of sp³-hybridized carbons (Fsp3) is 0.278. The molecule has 0 aromatic heterocycles. The van der Waals surface area contributed by atoms with Crippen molar-refractivity contribution >= 4 is 5.97 Å². The molecular weight excluding hydrogens is 294 g/mol. The maximum Gasteiger partial charge on any atom is 0.325 e. The molecule has 0 fully saturated rings. The summed E-state index contributed by atoms with van der Waals surface area (Å²) in [6, 6.07) is 13.9. The van der Waals surface area contributed by atoms with Crippen molar-refractivity contribution in [1.29, 1.82) is 0 Å². The molecule has 2 rings (SSSR count). The summed E-state index contributed by atoms with van der Waals surface area (Å²) in [5.41, 5.74) is 1.65. The number of hydrogen-bond acceptors (Lipinski definition) is 4. The Morgan fingerprint density at radius 3 is 2.52 bits per heavy atom. The predicted octanol–water partition coefficient (Wildman–Crippen LogP) is 3.01. The van der Waals surface area contributed by atoms with Gasteiger partial charge in [-0.25, -0.2) is 0 Å². The van der Waals surface area contributed by atoms with Gasteiger partial charge in [0.05, 0.1) is 13.7 Å². The molecule has 0 radical (unpaired) electrons. The molecule has 5 nitrogen and oxygen atoms in total. The first-order valence-corrected chi connectivity index (χ1v) is 7.46. The van der Waals surface area contributed by atoms with E-state index in [1.165, 1.54) is 0 Å². The molecule has 0 saturated carbocycles. The molecule has 2 N–H and O–H groups in total. The van der Waals surface area contributed by atoms with Crippen molar-refractivity contribution in [3.8, 4) is 11.5 Å². The Bertz CT molecular complexity index is 643. The van der Waals surface area contributed by atoms with Gasteiger partial charge in [-0.05, 0) is 30.2 Å². The van der Waals surface area contributed by atoms with Gasteiger partial charge >= 0.3 is 5.97 Å². The van der Waals surface area contributed by atoms with Crippen LogP contribution in [0.3, 0.4) is 0 Å². The molecule has 1 atom stereocenters. The number of hydrogen-bond donors (Lipinski definition) is 2. The lowest BCUT2D eigenvalue weighted by atomic mass is 10.1. The summed E-state index contributed by atoms with van der Waals surface area (Å²) in [5.74, 6) is 0.407. The fourth-order valence-electron chi connectivity index (χ4n) is 2.31. The van der Waals surface area contributed by atoms with E-state index < -0.39 is 12.0 Å². The number of carboxylic acids is 1. The minimum Gasteiger partial charge on any atom is -0.493 e. The molecule has 0 amide bonds. The Morgan fingerprint density at radius 1 is 1.17 bits per heavy atom. The third kappa shape index (κ3) is 4.47. The van der Waals surface area contributed by atoms with Crippen LogP contribution in [-0.2, 0) is 11.3 Å². The van der Waals surface area contributed by atoms with Crippen molar-refractivity contribution in [2.75, 3.05) is 13.7 Å². The number of nitrogens with one attached hydrogen (secondary N) is 1. The van der Waals surface area contributed by atoms with Gasteiger partial charge in [-0.1, -0.05) is 36.4 Å². The summed E-state index contributed by atoms with van der Waals surface area (Å²) in [7, 11) is 1.59. The average Bonchev–Trinajstić information content (AvgIpc) is 2.56. The molecule has 0 bridgehead atoms. The molecule has 5 heteroatoms. The van der Waals surface area contributed by atoms with Crippen LogP contribution in [0.4, 0.5) is 0 Å². The van der Waals surface area contributed by atoms with Gasteiger partial charge in [0.15, 0.2) is 11.5 Å². The zero-order chi connectivity index (χ0) is 16.7. The summed E-state index contributed by atoms with van der Waals surface area (Å²) in [6.07, 6.45) is 0. The highest BCUT2D eigenvalue weighted by molar-refractivity contribution is 5.75. The van der Waals surface area contributed by atoms with Crippen molar-refractivity contribution in [2.24, 2.45) is 0 Å². The minimum absolute atomic E-state index is 0.413. The number of methoxy groups -OCH3 is 1. The summed E-state index contributed by atoms with van der Waals surface area (Å²) in [6.45, 7) is 2.85. The first-order chi connectivity index (χ1) is 11.2. The highest BCUT2D eigenvalue weighted by atomic mass is 16.5. The molecule has 2 aromatic rings. The highest BCUT2D eigenvalue weighted by Crippen LogP contribution is 2.28. The van der Waals surface area contributed by atoms with E-state index in [1.54, 1.807) is 19.2 Å². The lowest BCUT2D eigenvalue weighted by Gasteiger charge is -2.16. The molecule has 0 aliphatic rings. The van der Waals surface area contributed by atoms with Crippen LogP contribution < -0.4 is 14.8 Å². The van der Waals surface area contributed by atoms with Crippen LogP contribution in [0.25, 0.3) is 0 Å². The van der Waals surface area contributed by atoms with Crippen LogP contribution in [0.1, 0.15) is 24.1 Å². The van der Waals surface area contributed by atoms with E-state index in [0.717, 1.165) is 11.1 Å². The molecule has 0 aliphatic carbocycles. The zero-order valence-corrected chi connectivity index (χ0v) is 13.3. The van der Waals surface area contributed by atoms with Crippen molar-refractivity contribution < 1.29 is 19.4 Å². The second kappa shape index (κ2) is 8.19. The Hall–Kier alpha value is -2.53. The predicted molar refractivity (Wildman–Crippen MR) is 87.8 cm³/mol. The minimum atomic E-state index is -0.908. The van der Waals surface area contributed by atoms with Crippen LogP contribution >= 0.6 is 0 Å². The maximum atomic E-state index is 11.5. The third-order valence-corrected chi connectivity index (χ3v) is 3.42. The fourth-order valence-corrected chi connectivity index (χ4v) is 2.31. The topological polar surface area (TPSA) is 67.8 Å². The normalized spacial score (nSPS) is 11.7. The number of carbonyl (C=O) groups is 1. The standard InChI is InChI=1S/C18H21NO4/c1-3-23-16-11-13(9-10-15(16)22-2)12-19-17(18(20)21)14-7-5-4-6-8-14/h4-11,17,19H,3,12H2,1-2H3,(H,20,21)/t17-/m0/s1. The van der Waals surface area contributed by atoms with Gasteiger partial charge in [0, 0.05) is 6.54 Å². The van der Waals surface area contributed by atoms with E-state index in [2.05, 4.69) is 5.32 Å². The van der Waals surface area contributed by atoms with Crippen molar-refractivity contribution in [2.45, 2.75) is 19.5 Å². The summed E-state index contributed by atoms with van der Waals surface area (Å²) in [5, 5.41) is 12.5. The molecule has 0 saturated heterocycles. The second-order valence-electron chi connectivity index (χ2n) is 4.98. The van der Waals surface area contributed by atoms with Gasteiger partial charge in [-0.15, -0.1) is 0 Å². The Balaban J connectivity index is 2.12. The van der Waals surface area contributed by atoms with Crippen LogP contribution in [0.15, 0.2) is 48.5 Å². The molecular formula is C18H21NO4. The van der Waals surface area contributed by atoms with Gasteiger partial charge in [-0.3, -0.25) is 10.1 Å². The molecule has 23 heavy (non-hydrogen) atoms. The molecule has 122 valence electrons. The van der Waals surface area contributed by atoms with Gasteiger partial charge in [-0.2, -0.15) is 0 Å². The number of ether oxygens (including phenoxy) is 2. The summed E-state index contributed by atoms with van der Waals surface area (Å²) >= 11 is 0. The first kappa shape index (κ1) is 16.8. The number of rotatable bonds is 8. The smallest absolute Gasteiger partial charge is 0.325 e. The first-order valence-electron chi connectivity index (χ1n) is 7.46. The molecule has 0 aliphatic heterocycles. The molecule has 0 unspecified atom stereocenters. The Morgan fingerprint density at radius 2 is 1.91 bits per heavy atom. The third-order valence-electron chi connectivity index (χ3n) is 3.42. The van der Waals surface area contributed by atoms with Gasteiger partial charge in [0.25, 0.3) is 0 Å². The number of benzene rings is 2. The van der Waals surface area contributed by atoms with Crippen LogP contribution in [0.2, 0.25) is 0 Å². The van der Waals surface area contributed by atoms with E-state index in [1.807, 2.05) is 43.3 Å². The maximum absolute atomic E-state index is 11.5. The van der Waals surface area contributed by atoms with Gasteiger partial charge in [0.2, 0.25) is 0 Å². The number of carboxylic acid groups (broad SMARTS) is 1. The van der Waals surface area contributed by atoms with E-state index in [-0.39, 0.29) is 0 Å². The second-order valence-corrected chi connectivity index (χ2v) is 4.98. The van der Waals surface area contributed by atoms with Crippen LogP contribution in [0, 0.1) is 0 Å². The largest absolute Gasteiger partial charge is 0.493 e. The van der Waals surface area contributed by atoms with Crippen LogP contribution in [-0.4, -0.2) is 24.8 Å². The summed E-state index contributed by atoms with van der Waals surface area (Å²) in [4.78, 5) is 11.5. The van der Waals surface area contributed by atoms with Crippen molar-refractivity contribution in [3.05, 3.63) is 59.7 Å². The average molecular weight is 315 g/mol. The van der Waals surface area contributed by atoms with Crippen molar-refractivity contribution in [3.63, 3.8) is 0 Å².